The molecule has 2 atom stereocenters. The van der Waals surface area contributed by atoms with Gasteiger partial charge in [0.2, 0.25) is 0 Å². The first-order valence-corrected chi connectivity index (χ1v) is 7.97. The summed E-state index contributed by atoms with van der Waals surface area (Å²) in [4.78, 5) is 25.9. The first kappa shape index (κ1) is 15.9. The summed E-state index contributed by atoms with van der Waals surface area (Å²) in [6.45, 7) is 7.62. The van der Waals surface area contributed by atoms with Gasteiger partial charge in [-0.15, -0.1) is 11.8 Å². The standard InChI is InChI=1S/C14H21N3O3S/c1-7(2)13-17(10(6-21-13)14(19)20)12(18)11-8(3)15-16(5)9(11)4/h7,10,13H,6H2,1-5H3,(H,19,20). The molecule has 0 aliphatic carbocycles. The predicted molar refractivity (Wildman–Crippen MR) is 81.4 cm³/mol. The number of rotatable bonds is 3. The number of carboxylic acid groups (broad SMARTS) is 1. The molecule has 0 radical (unpaired) electrons. The third-order valence-electron chi connectivity index (χ3n) is 3.85. The van der Waals surface area contributed by atoms with Gasteiger partial charge < -0.3 is 10.0 Å². The van der Waals surface area contributed by atoms with E-state index in [0.717, 1.165) is 5.69 Å². The Hall–Kier alpha value is -1.50. The third kappa shape index (κ3) is 2.66. The molecule has 1 aliphatic heterocycles. The molecule has 2 rings (SSSR count). The number of aromatic nitrogens is 2. The molecule has 0 spiro atoms. The van der Waals surface area contributed by atoms with E-state index in [2.05, 4.69) is 5.10 Å². The molecule has 116 valence electrons. The maximum atomic E-state index is 12.9. The van der Waals surface area contributed by atoms with Crippen LogP contribution in [0.25, 0.3) is 0 Å². The van der Waals surface area contributed by atoms with Gasteiger partial charge in [0.1, 0.15) is 6.04 Å². The van der Waals surface area contributed by atoms with Crippen LogP contribution in [0.15, 0.2) is 0 Å². The second kappa shape index (κ2) is 5.71. The minimum atomic E-state index is -0.946. The first-order valence-electron chi connectivity index (χ1n) is 6.93. The lowest BCUT2D eigenvalue weighted by Crippen LogP contribution is -2.47. The molecule has 1 N–H and O–H groups in total. The second-order valence-electron chi connectivity index (χ2n) is 5.70. The number of carbonyl (C=O) groups excluding carboxylic acids is 1. The van der Waals surface area contributed by atoms with Crippen LogP contribution in [0.1, 0.15) is 35.6 Å². The van der Waals surface area contributed by atoms with Crippen molar-refractivity contribution < 1.29 is 14.7 Å². The molecule has 1 aromatic rings. The van der Waals surface area contributed by atoms with E-state index in [-0.39, 0.29) is 17.2 Å². The van der Waals surface area contributed by atoms with Crippen molar-refractivity contribution in [1.29, 1.82) is 0 Å². The Morgan fingerprint density at radius 3 is 2.43 bits per heavy atom. The number of carbonyl (C=O) groups is 2. The van der Waals surface area contributed by atoms with Crippen molar-refractivity contribution in [3.05, 3.63) is 17.0 Å². The Labute approximate surface area is 128 Å². The summed E-state index contributed by atoms with van der Waals surface area (Å²) in [6.07, 6.45) is 0. The van der Waals surface area contributed by atoms with Gasteiger partial charge in [-0.05, 0) is 19.8 Å². The van der Waals surface area contributed by atoms with Crippen LogP contribution >= 0.6 is 11.8 Å². The SMILES string of the molecule is Cc1nn(C)c(C)c1C(=O)N1C(C(=O)O)CSC1C(C)C. The third-order valence-corrected chi connectivity index (χ3v) is 5.47. The van der Waals surface area contributed by atoms with Crippen molar-refractivity contribution in [1.82, 2.24) is 14.7 Å². The molecule has 0 saturated carbocycles. The molecular weight excluding hydrogens is 290 g/mol. The van der Waals surface area contributed by atoms with E-state index >= 15 is 0 Å². The molecule has 2 heterocycles. The molecule has 0 aromatic carbocycles. The predicted octanol–water partition coefficient (Wildman–Crippen LogP) is 1.66. The zero-order valence-corrected chi connectivity index (χ0v) is 13.8. The van der Waals surface area contributed by atoms with E-state index < -0.39 is 12.0 Å². The Kier molecular flexibility index (Phi) is 4.32. The fourth-order valence-corrected chi connectivity index (χ4v) is 4.17. The average Bonchev–Trinajstić information content (AvgIpc) is 2.92. The van der Waals surface area contributed by atoms with Crippen LogP contribution in [0.4, 0.5) is 0 Å². The number of carboxylic acids is 1. The van der Waals surface area contributed by atoms with Crippen molar-refractivity contribution in [3.8, 4) is 0 Å². The summed E-state index contributed by atoms with van der Waals surface area (Å²) in [5, 5.41) is 13.5. The van der Waals surface area contributed by atoms with Gasteiger partial charge in [-0.2, -0.15) is 5.10 Å². The molecule has 1 amide bonds. The maximum Gasteiger partial charge on any atom is 0.327 e. The second-order valence-corrected chi connectivity index (χ2v) is 6.85. The fourth-order valence-electron chi connectivity index (χ4n) is 2.70. The Morgan fingerprint density at radius 2 is 2.00 bits per heavy atom. The highest BCUT2D eigenvalue weighted by Gasteiger charge is 2.44. The van der Waals surface area contributed by atoms with Crippen LogP contribution in [0.3, 0.4) is 0 Å². The van der Waals surface area contributed by atoms with E-state index in [1.54, 1.807) is 18.7 Å². The summed E-state index contributed by atoms with van der Waals surface area (Å²) < 4.78 is 1.66. The Balaban J connectivity index is 2.44. The highest BCUT2D eigenvalue weighted by Crippen LogP contribution is 2.35. The van der Waals surface area contributed by atoms with Crippen LogP contribution in [-0.2, 0) is 11.8 Å². The number of aliphatic carboxylic acids is 1. The van der Waals surface area contributed by atoms with Gasteiger partial charge in [0.25, 0.3) is 5.91 Å². The molecule has 1 saturated heterocycles. The quantitative estimate of drug-likeness (QED) is 0.919. The lowest BCUT2D eigenvalue weighted by Gasteiger charge is -2.29. The summed E-state index contributed by atoms with van der Waals surface area (Å²) in [7, 11) is 1.78. The van der Waals surface area contributed by atoms with Crippen molar-refractivity contribution in [2.45, 2.75) is 39.1 Å². The summed E-state index contributed by atoms with van der Waals surface area (Å²) in [6, 6.07) is -0.770. The zero-order valence-electron chi connectivity index (χ0n) is 13.0. The molecule has 2 unspecified atom stereocenters. The largest absolute Gasteiger partial charge is 0.480 e. The lowest BCUT2D eigenvalue weighted by molar-refractivity contribution is -0.141. The highest BCUT2D eigenvalue weighted by molar-refractivity contribution is 8.00. The summed E-state index contributed by atoms with van der Waals surface area (Å²) in [5.74, 6) is -0.546. The lowest BCUT2D eigenvalue weighted by atomic mass is 10.1. The Morgan fingerprint density at radius 1 is 1.38 bits per heavy atom. The topological polar surface area (TPSA) is 75.4 Å². The van der Waals surface area contributed by atoms with Crippen molar-refractivity contribution in [2.24, 2.45) is 13.0 Å². The van der Waals surface area contributed by atoms with Gasteiger partial charge >= 0.3 is 5.97 Å². The molecule has 1 aliphatic rings. The number of hydrogen-bond donors (Lipinski definition) is 1. The van der Waals surface area contributed by atoms with E-state index in [9.17, 15) is 14.7 Å². The van der Waals surface area contributed by atoms with Crippen LogP contribution in [-0.4, -0.2) is 48.8 Å². The van der Waals surface area contributed by atoms with Gasteiger partial charge in [-0.25, -0.2) is 4.79 Å². The van der Waals surface area contributed by atoms with Gasteiger partial charge in [-0.1, -0.05) is 13.8 Å². The van der Waals surface area contributed by atoms with E-state index in [0.29, 0.717) is 17.0 Å². The number of hydrogen-bond acceptors (Lipinski definition) is 4. The zero-order chi connectivity index (χ0) is 15.9. The molecule has 1 fully saturated rings. The van der Waals surface area contributed by atoms with Crippen LogP contribution < -0.4 is 0 Å². The minimum absolute atomic E-state index is 0.113. The van der Waals surface area contributed by atoms with Crippen molar-refractivity contribution in [3.63, 3.8) is 0 Å². The first-order chi connectivity index (χ1) is 9.75. The number of thioether (sulfide) groups is 1. The van der Waals surface area contributed by atoms with Crippen LogP contribution in [0.2, 0.25) is 0 Å². The molecule has 0 bridgehead atoms. The number of amides is 1. The molecule has 21 heavy (non-hydrogen) atoms. The van der Waals surface area contributed by atoms with Crippen molar-refractivity contribution >= 4 is 23.6 Å². The minimum Gasteiger partial charge on any atom is -0.480 e. The van der Waals surface area contributed by atoms with Crippen molar-refractivity contribution in [2.75, 3.05) is 5.75 Å². The van der Waals surface area contributed by atoms with Crippen LogP contribution in [0.5, 0.6) is 0 Å². The van der Waals surface area contributed by atoms with Crippen LogP contribution in [0, 0.1) is 19.8 Å². The summed E-state index contributed by atoms with van der Waals surface area (Å²) in [5.41, 5.74) is 1.93. The molecule has 1 aromatic heterocycles. The Bertz CT molecular complexity index is 582. The van der Waals surface area contributed by atoms with E-state index in [1.807, 2.05) is 20.8 Å². The monoisotopic (exact) mass is 311 g/mol. The number of nitrogens with zero attached hydrogens (tertiary/aromatic N) is 3. The molecule has 6 nitrogen and oxygen atoms in total. The summed E-state index contributed by atoms with van der Waals surface area (Å²) >= 11 is 1.53. The maximum absolute atomic E-state index is 12.9. The van der Waals surface area contributed by atoms with Gasteiger partial charge in [0, 0.05) is 18.5 Å². The van der Waals surface area contributed by atoms with E-state index in [4.69, 9.17) is 0 Å². The van der Waals surface area contributed by atoms with E-state index in [1.165, 1.54) is 16.7 Å². The van der Waals surface area contributed by atoms with Gasteiger partial charge in [0.05, 0.1) is 16.6 Å². The fraction of sp³-hybridized carbons (Fsp3) is 0.643. The molecular formula is C14H21N3O3S. The molecule has 7 heteroatoms. The normalized spacial score (nSPS) is 22.1. The van der Waals surface area contributed by atoms with Gasteiger partial charge in [0.15, 0.2) is 0 Å². The highest BCUT2D eigenvalue weighted by atomic mass is 32.2. The van der Waals surface area contributed by atoms with Gasteiger partial charge in [-0.3, -0.25) is 9.48 Å². The average molecular weight is 311 g/mol. The number of aryl methyl sites for hydroxylation is 2. The smallest absolute Gasteiger partial charge is 0.327 e.